The number of hydrogen-bond donors (Lipinski definition) is 0. The predicted molar refractivity (Wildman–Crippen MR) is 70.2 cm³/mol. The summed E-state index contributed by atoms with van der Waals surface area (Å²) in [6.45, 7) is 2.08. The van der Waals surface area contributed by atoms with Gasteiger partial charge in [0, 0.05) is 31.5 Å². The highest BCUT2D eigenvalue weighted by molar-refractivity contribution is 6.29. The Bertz CT molecular complexity index is 519. The third-order valence-corrected chi connectivity index (χ3v) is 3.28. The monoisotopic (exact) mass is 263 g/mol. The Morgan fingerprint density at radius 3 is 2.67 bits per heavy atom. The van der Waals surface area contributed by atoms with Gasteiger partial charge in [0.1, 0.15) is 17.3 Å². The molecule has 0 aliphatic carbocycles. The molecule has 2 aromatic heterocycles. The van der Waals surface area contributed by atoms with E-state index >= 15 is 0 Å². The van der Waals surface area contributed by atoms with Crippen molar-refractivity contribution >= 4 is 17.4 Å². The SMILES string of the molecule is Clc1cc(N2CCCCC2)nc(-n2ccnc2)n1. The molecule has 0 radical (unpaired) electrons. The molecule has 3 heterocycles. The van der Waals surface area contributed by atoms with Crippen LogP contribution in [0, 0.1) is 0 Å². The minimum atomic E-state index is 0.467. The molecule has 0 unspecified atom stereocenters. The molecule has 18 heavy (non-hydrogen) atoms. The molecule has 0 saturated carbocycles. The fraction of sp³-hybridized carbons (Fsp3) is 0.417. The maximum atomic E-state index is 6.07. The maximum Gasteiger partial charge on any atom is 0.238 e. The van der Waals surface area contributed by atoms with Crippen molar-refractivity contribution in [1.82, 2.24) is 19.5 Å². The highest BCUT2D eigenvalue weighted by Crippen LogP contribution is 2.21. The van der Waals surface area contributed by atoms with E-state index in [9.17, 15) is 0 Å². The van der Waals surface area contributed by atoms with Crippen LogP contribution in [0.4, 0.5) is 5.82 Å². The molecule has 5 nitrogen and oxygen atoms in total. The summed E-state index contributed by atoms with van der Waals surface area (Å²) in [6, 6.07) is 1.83. The third kappa shape index (κ3) is 2.31. The van der Waals surface area contributed by atoms with E-state index in [0.717, 1.165) is 18.9 Å². The first-order valence-corrected chi connectivity index (χ1v) is 6.48. The van der Waals surface area contributed by atoms with E-state index in [-0.39, 0.29) is 0 Å². The van der Waals surface area contributed by atoms with Crippen molar-refractivity contribution < 1.29 is 0 Å². The number of rotatable bonds is 2. The van der Waals surface area contributed by atoms with E-state index < -0.39 is 0 Å². The van der Waals surface area contributed by atoms with Crippen molar-refractivity contribution in [3.63, 3.8) is 0 Å². The van der Waals surface area contributed by atoms with Crippen LogP contribution in [0.3, 0.4) is 0 Å². The smallest absolute Gasteiger partial charge is 0.238 e. The van der Waals surface area contributed by atoms with Gasteiger partial charge in [-0.3, -0.25) is 4.57 Å². The summed E-state index contributed by atoms with van der Waals surface area (Å²) >= 11 is 6.07. The fourth-order valence-electron chi connectivity index (χ4n) is 2.17. The number of imidazole rings is 1. The molecule has 2 aromatic rings. The standard InChI is InChI=1S/C12H14ClN5/c13-10-8-11(17-5-2-1-3-6-17)16-12(15-10)18-7-4-14-9-18/h4,7-9H,1-3,5-6H2. The molecular weight excluding hydrogens is 250 g/mol. The summed E-state index contributed by atoms with van der Waals surface area (Å²) in [4.78, 5) is 15.0. The van der Waals surface area contributed by atoms with Gasteiger partial charge in [-0.1, -0.05) is 11.6 Å². The number of piperidine rings is 1. The fourth-order valence-corrected chi connectivity index (χ4v) is 2.35. The van der Waals surface area contributed by atoms with Gasteiger partial charge in [0.05, 0.1) is 0 Å². The second kappa shape index (κ2) is 4.94. The van der Waals surface area contributed by atoms with Gasteiger partial charge in [0.2, 0.25) is 5.95 Å². The van der Waals surface area contributed by atoms with Crippen molar-refractivity contribution in [2.45, 2.75) is 19.3 Å². The Hall–Kier alpha value is -1.62. The van der Waals surface area contributed by atoms with Gasteiger partial charge in [-0.15, -0.1) is 0 Å². The van der Waals surface area contributed by atoms with E-state index in [0.29, 0.717) is 11.1 Å². The lowest BCUT2D eigenvalue weighted by Crippen LogP contribution is -2.30. The number of hydrogen-bond acceptors (Lipinski definition) is 4. The first-order valence-electron chi connectivity index (χ1n) is 6.11. The minimum Gasteiger partial charge on any atom is -0.356 e. The van der Waals surface area contributed by atoms with E-state index in [1.54, 1.807) is 17.1 Å². The quantitative estimate of drug-likeness (QED) is 0.780. The van der Waals surface area contributed by atoms with Crippen LogP contribution in [-0.2, 0) is 0 Å². The summed E-state index contributed by atoms with van der Waals surface area (Å²) < 4.78 is 1.76. The van der Waals surface area contributed by atoms with E-state index in [2.05, 4.69) is 19.9 Å². The normalized spacial score (nSPS) is 15.9. The highest BCUT2D eigenvalue weighted by atomic mass is 35.5. The summed E-state index contributed by atoms with van der Waals surface area (Å²) in [5.41, 5.74) is 0. The highest BCUT2D eigenvalue weighted by Gasteiger charge is 2.14. The molecule has 1 aliphatic heterocycles. The van der Waals surface area contributed by atoms with Gasteiger partial charge >= 0.3 is 0 Å². The predicted octanol–water partition coefficient (Wildman–Crippen LogP) is 2.31. The molecule has 6 heteroatoms. The van der Waals surface area contributed by atoms with Crippen molar-refractivity contribution in [2.75, 3.05) is 18.0 Å². The Morgan fingerprint density at radius 1 is 1.11 bits per heavy atom. The van der Waals surface area contributed by atoms with Crippen molar-refractivity contribution in [3.05, 3.63) is 29.9 Å². The van der Waals surface area contributed by atoms with E-state index in [1.807, 2.05) is 12.3 Å². The molecule has 0 amide bonds. The Kier molecular flexibility index (Phi) is 3.15. The van der Waals surface area contributed by atoms with Crippen molar-refractivity contribution in [2.24, 2.45) is 0 Å². The molecule has 0 aromatic carbocycles. The molecule has 1 saturated heterocycles. The van der Waals surface area contributed by atoms with Gasteiger partial charge in [0.25, 0.3) is 0 Å². The second-order valence-corrected chi connectivity index (χ2v) is 4.75. The number of nitrogens with zero attached hydrogens (tertiary/aromatic N) is 5. The van der Waals surface area contributed by atoms with E-state index in [4.69, 9.17) is 11.6 Å². The second-order valence-electron chi connectivity index (χ2n) is 4.37. The Labute approximate surface area is 110 Å². The third-order valence-electron chi connectivity index (χ3n) is 3.08. The van der Waals surface area contributed by atoms with Crippen LogP contribution in [0.15, 0.2) is 24.8 Å². The minimum absolute atomic E-state index is 0.467. The molecule has 0 atom stereocenters. The Balaban J connectivity index is 1.95. The number of aromatic nitrogens is 4. The lowest BCUT2D eigenvalue weighted by molar-refractivity contribution is 0.572. The van der Waals surface area contributed by atoms with Crippen LogP contribution in [0.1, 0.15) is 19.3 Å². The summed E-state index contributed by atoms with van der Waals surface area (Å²) in [5.74, 6) is 1.47. The van der Waals surface area contributed by atoms with Gasteiger partial charge in [-0.2, -0.15) is 4.98 Å². The average molecular weight is 264 g/mol. The maximum absolute atomic E-state index is 6.07. The van der Waals surface area contributed by atoms with Gasteiger partial charge in [-0.25, -0.2) is 9.97 Å². The Morgan fingerprint density at radius 2 is 1.94 bits per heavy atom. The molecule has 0 spiro atoms. The van der Waals surface area contributed by atoms with Crippen molar-refractivity contribution in [3.8, 4) is 5.95 Å². The molecule has 94 valence electrons. The van der Waals surface area contributed by atoms with Crippen LogP contribution >= 0.6 is 11.6 Å². The zero-order chi connectivity index (χ0) is 12.4. The zero-order valence-electron chi connectivity index (χ0n) is 9.96. The largest absolute Gasteiger partial charge is 0.356 e. The lowest BCUT2D eigenvalue weighted by atomic mass is 10.1. The van der Waals surface area contributed by atoms with Gasteiger partial charge < -0.3 is 4.90 Å². The molecule has 0 N–H and O–H groups in total. The average Bonchev–Trinajstić information content (AvgIpc) is 2.93. The van der Waals surface area contributed by atoms with E-state index in [1.165, 1.54) is 19.3 Å². The van der Waals surface area contributed by atoms with Crippen LogP contribution in [-0.4, -0.2) is 32.6 Å². The molecule has 1 aliphatic rings. The summed E-state index contributed by atoms with van der Waals surface area (Å²) in [5, 5.41) is 0.467. The van der Waals surface area contributed by atoms with Crippen LogP contribution in [0.2, 0.25) is 5.15 Å². The summed E-state index contributed by atoms with van der Waals surface area (Å²) in [7, 11) is 0. The van der Waals surface area contributed by atoms with Gasteiger partial charge in [0.15, 0.2) is 0 Å². The molecule has 1 fully saturated rings. The topological polar surface area (TPSA) is 46.8 Å². The molecular formula is C12H14ClN5. The summed E-state index contributed by atoms with van der Waals surface area (Å²) in [6.07, 6.45) is 8.90. The van der Waals surface area contributed by atoms with Crippen LogP contribution in [0.5, 0.6) is 0 Å². The molecule has 0 bridgehead atoms. The van der Waals surface area contributed by atoms with Crippen LogP contribution in [0.25, 0.3) is 5.95 Å². The number of anilines is 1. The lowest BCUT2D eigenvalue weighted by Gasteiger charge is -2.27. The van der Waals surface area contributed by atoms with Crippen LogP contribution < -0.4 is 4.90 Å². The van der Waals surface area contributed by atoms with Crippen molar-refractivity contribution in [1.29, 1.82) is 0 Å². The first kappa shape index (κ1) is 11.5. The zero-order valence-corrected chi connectivity index (χ0v) is 10.7. The number of halogens is 1. The molecule has 3 rings (SSSR count). The first-order chi connectivity index (χ1) is 8.83. The van der Waals surface area contributed by atoms with Gasteiger partial charge in [-0.05, 0) is 19.3 Å².